The minimum atomic E-state index is -0.151. The molecule has 1 aliphatic rings. The van der Waals surface area contributed by atoms with Crippen LogP contribution in [0.5, 0.6) is 0 Å². The Bertz CT molecular complexity index is 596. The molecule has 1 aliphatic heterocycles. The third-order valence-corrected chi connectivity index (χ3v) is 3.58. The summed E-state index contributed by atoms with van der Waals surface area (Å²) in [5.74, 6) is 0.974. The molecule has 20 heavy (non-hydrogen) atoms. The SMILES string of the molecule is Cc1cc(NC(=O)c2cccn2C2CCNCC2)no1. The van der Waals surface area contributed by atoms with Gasteiger partial charge in [-0.1, -0.05) is 5.16 Å². The molecule has 2 aromatic rings. The predicted molar refractivity (Wildman–Crippen MR) is 74.8 cm³/mol. The van der Waals surface area contributed by atoms with Gasteiger partial charge in [-0.3, -0.25) is 4.79 Å². The first-order valence-electron chi connectivity index (χ1n) is 6.86. The van der Waals surface area contributed by atoms with Crippen LogP contribution >= 0.6 is 0 Å². The molecule has 2 aromatic heterocycles. The van der Waals surface area contributed by atoms with E-state index in [0.29, 0.717) is 23.3 Å². The third kappa shape index (κ3) is 2.60. The lowest BCUT2D eigenvalue weighted by atomic mass is 10.1. The summed E-state index contributed by atoms with van der Waals surface area (Å²) in [6.45, 7) is 3.78. The van der Waals surface area contributed by atoms with Crippen molar-refractivity contribution in [2.24, 2.45) is 0 Å². The number of aryl methyl sites for hydroxylation is 1. The molecular formula is C14H18N4O2. The van der Waals surface area contributed by atoms with Gasteiger partial charge in [0.1, 0.15) is 11.5 Å². The molecule has 2 N–H and O–H groups in total. The average Bonchev–Trinajstić information content (AvgIpc) is 3.09. The van der Waals surface area contributed by atoms with Crippen LogP contribution in [0.3, 0.4) is 0 Å². The second-order valence-electron chi connectivity index (χ2n) is 5.06. The predicted octanol–water partition coefficient (Wildman–Crippen LogP) is 1.96. The van der Waals surface area contributed by atoms with Crippen LogP contribution in [-0.2, 0) is 0 Å². The molecule has 0 saturated carbocycles. The fourth-order valence-electron chi connectivity index (χ4n) is 2.60. The molecule has 6 heteroatoms. The number of piperidine rings is 1. The van der Waals surface area contributed by atoms with Crippen molar-refractivity contribution < 1.29 is 9.32 Å². The van der Waals surface area contributed by atoms with Crippen LogP contribution in [0.25, 0.3) is 0 Å². The number of aromatic nitrogens is 2. The first-order valence-corrected chi connectivity index (χ1v) is 6.86. The van der Waals surface area contributed by atoms with E-state index >= 15 is 0 Å². The Morgan fingerprint density at radius 1 is 1.50 bits per heavy atom. The molecule has 0 unspecified atom stereocenters. The summed E-state index contributed by atoms with van der Waals surface area (Å²) < 4.78 is 7.01. The third-order valence-electron chi connectivity index (χ3n) is 3.58. The molecule has 3 heterocycles. The smallest absolute Gasteiger partial charge is 0.273 e. The van der Waals surface area contributed by atoms with E-state index < -0.39 is 0 Å². The standard InChI is InChI=1S/C14H18N4O2/c1-10-9-13(17-20-10)16-14(19)12-3-2-8-18(12)11-4-6-15-7-5-11/h2-3,8-9,11,15H,4-7H2,1H3,(H,16,17,19). The Morgan fingerprint density at radius 3 is 3.00 bits per heavy atom. The van der Waals surface area contributed by atoms with Crippen LogP contribution in [0.1, 0.15) is 35.1 Å². The van der Waals surface area contributed by atoms with Crippen LogP contribution in [0.2, 0.25) is 0 Å². The van der Waals surface area contributed by atoms with Crippen molar-refractivity contribution in [1.82, 2.24) is 15.0 Å². The maximum absolute atomic E-state index is 12.3. The molecule has 0 atom stereocenters. The molecule has 0 radical (unpaired) electrons. The largest absolute Gasteiger partial charge is 0.360 e. The van der Waals surface area contributed by atoms with Crippen LogP contribution < -0.4 is 10.6 Å². The number of nitrogens with one attached hydrogen (secondary N) is 2. The topological polar surface area (TPSA) is 72.1 Å². The molecule has 1 fully saturated rings. The van der Waals surface area contributed by atoms with Gasteiger partial charge in [-0.15, -0.1) is 0 Å². The van der Waals surface area contributed by atoms with Crippen molar-refractivity contribution in [1.29, 1.82) is 0 Å². The summed E-state index contributed by atoms with van der Waals surface area (Å²) in [6, 6.07) is 5.83. The first kappa shape index (κ1) is 12.9. The second kappa shape index (κ2) is 5.50. The summed E-state index contributed by atoms with van der Waals surface area (Å²) in [4.78, 5) is 12.3. The lowest BCUT2D eigenvalue weighted by Gasteiger charge is -2.25. The normalized spacial score (nSPS) is 16.2. The van der Waals surface area contributed by atoms with E-state index in [9.17, 15) is 4.79 Å². The minimum absolute atomic E-state index is 0.151. The van der Waals surface area contributed by atoms with Gasteiger partial charge in [0.05, 0.1) is 0 Å². The van der Waals surface area contributed by atoms with E-state index in [1.807, 2.05) is 18.3 Å². The Balaban J connectivity index is 1.76. The summed E-state index contributed by atoms with van der Waals surface area (Å²) in [5, 5.41) is 9.88. The summed E-state index contributed by atoms with van der Waals surface area (Å²) >= 11 is 0. The lowest BCUT2D eigenvalue weighted by Crippen LogP contribution is -2.31. The zero-order valence-electron chi connectivity index (χ0n) is 11.4. The fourth-order valence-corrected chi connectivity index (χ4v) is 2.60. The molecule has 3 rings (SSSR count). The lowest BCUT2D eigenvalue weighted by molar-refractivity contribution is 0.101. The van der Waals surface area contributed by atoms with Crippen molar-refractivity contribution in [2.75, 3.05) is 18.4 Å². The molecule has 106 valence electrons. The highest BCUT2D eigenvalue weighted by Gasteiger charge is 2.20. The van der Waals surface area contributed by atoms with Crippen LogP contribution in [-0.4, -0.2) is 28.7 Å². The highest BCUT2D eigenvalue weighted by atomic mass is 16.5. The minimum Gasteiger partial charge on any atom is -0.360 e. The average molecular weight is 274 g/mol. The zero-order valence-corrected chi connectivity index (χ0v) is 11.4. The van der Waals surface area contributed by atoms with E-state index in [2.05, 4.69) is 20.4 Å². The summed E-state index contributed by atoms with van der Waals surface area (Å²) in [6.07, 6.45) is 4.05. The van der Waals surface area contributed by atoms with E-state index in [1.54, 1.807) is 13.0 Å². The van der Waals surface area contributed by atoms with Crippen LogP contribution in [0.4, 0.5) is 5.82 Å². The number of amides is 1. The molecule has 1 saturated heterocycles. The molecule has 0 aliphatic carbocycles. The highest BCUT2D eigenvalue weighted by molar-refractivity contribution is 6.02. The maximum atomic E-state index is 12.3. The Labute approximate surface area is 117 Å². The number of carbonyl (C=O) groups excluding carboxylic acids is 1. The van der Waals surface area contributed by atoms with Gasteiger partial charge in [0.25, 0.3) is 5.91 Å². The monoisotopic (exact) mass is 274 g/mol. The van der Waals surface area contributed by atoms with Gasteiger partial charge in [-0.25, -0.2) is 0 Å². The van der Waals surface area contributed by atoms with Gasteiger partial charge in [-0.05, 0) is 45.0 Å². The van der Waals surface area contributed by atoms with Gasteiger partial charge in [-0.2, -0.15) is 0 Å². The fraction of sp³-hybridized carbons (Fsp3) is 0.429. The van der Waals surface area contributed by atoms with E-state index in [1.165, 1.54) is 0 Å². The number of rotatable bonds is 3. The molecule has 6 nitrogen and oxygen atoms in total. The van der Waals surface area contributed by atoms with E-state index in [4.69, 9.17) is 4.52 Å². The highest BCUT2D eigenvalue weighted by Crippen LogP contribution is 2.21. The molecule has 0 bridgehead atoms. The maximum Gasteiger partial charge on any atom is 0.273 e. The quantitative estimate of drug-likeness (QED) is 0.897. The van der Waals surface area contributed by atoms with E-state index in [0.717, 1.165) is 25.9 Å². The van der Waals surface area contributed by atoms with E-state index in [-0.39, 0.29) is 5.91 Å². The number of hydrogen-bond acceptors (Lipinski definition) is 4. The number of nitrogens with zero attached hydrogens (tertiary/aromatic N) is 2. The first-order chi connectivity index (χ1) is 9.74. The van der Waals surface area contributed by atoms with Gasteiger partial charge in [0.2, 0.25) is 0 Å². The summed E-state index contributed by atoms with van der Waals surface area (Å²) in [5.41, 5.74) is 0.664. The van der Waals surface area contributed by atoms with Crippen molar-refractivity contribution in [2.45, 2.75) is 25.8 Å². The van der Waals surface area contributed by atoms with Crippen LogP contribution in [0, 0.1) is 6.92 Å². The number of hydrogen-bond donors (Lipinski definition) is 2. The van der Waals surface area contributed by atoms with Crippen LogP contribution in [0.15, 0.2) is 28.9 Å². The number of carbonyl (C=O) groups is 1. The van der Waals surface area contributed by atoms with Gasteiger partial charge in [0, 0.05) is 18.3 Å². The Morgan fingerprint density at radius 2 is 2.30 bits per heavy atom. The molecule has 0 aromatic carbocycles. The second-order valence-corrected chi connectivity index (χ2v) is 5.06. The van der Waals surface area contributed by atoms with Gasteiger partial charge < -0.3 is 19.7 Å². The van der Waals surface area contributed by atoms with Gasteiger partial charge in [0.15, 0.2) is 5.82 Å². The van der Waals surface area contributed by atoms with Crippen molar-refractivity contribution >= 4 is 11.7 Å². The summed E-state index contributed by atoms with van der Waals surface area (Å²) in [7, 11) is 0. The van der Waals surface area contributed by atoms with Crippen molar-refractivity contribution in [3.63, 3.8) is 0 Å². The molecule has 0 spiro atoms. The molecular weight excluding hydrogens is 256 g/mol. The van der Waals surface area contributed by atoms with Crippen molar-refractivity contribution in [3.8, 4) is 0 Å². The van der Waals surface area contributed by atoms with Crippen molar-refractivity contribution in [3.05, 3.63) is 35.9 Å². The number of anilines is 1. The zero-order chi connectivity index (χ0) is 13.9. The van der Waals surface area contributed by atoms with Gasteiger partial charge >= 0.3 is 0 Å². The Hall–Kier alpha value is -2.08. The Kier molecular flexibility index (Phi) is 3.56. The molecule has 1 amide bonds.